The van der Waals surface area contributed by atoms with Crippen molar-refractivity contribution in [1.29, 1.82) is 0 Å². The fraction of sp³-hybridized carbons (Fsp3) is 0.200. The molecule has 0 aliphatic carbocycles. The van der Waals surface area contributed by atoms with Crippen molar-refractivity contribution in [2.75, 3.05) is 13.2 Å². The Balaban J connectivity index is 2.09. The van der Waals surface area contributed by atoms with E-state index in [4.69, 9.17) is 9.47 Å². The third kappa shape index (κ3) is 4.52. The molecule has 2 nitrogen and oxygen atoms in total. The SMILES string of the molecule is CCOc1ccccc1C=CC=Cc1ccccc1OCC. The van der Waals surface area contributed by atoms with E-state index in [1.54, 1.807) is 0 Å². The topological polar surface area (TPSA) is 18.5 Å². The predicted octanol–water partition coefficient (Wildman–Crippen LogP) is 5.21. The second kappa shape index (κ2) is 8.73. The Bertz CT molecular complexity index is 584. The molecule has 0 unspecified atom stereocenters. The standard InChI is InChI=1S/C20H22O2/c1-3-21-19-15-9-7-13-17(19)11-5-6-12-18-14-8-10-16-20(18)22-4-2/h5-16H,3-4H2,1-2H3. The minimum atomic E-state index is 0.669. The molecule has 2 aromatic carbocycles. The molecule has 2 rings (SSSR count). The first-order valence-corrected chi connectivity index (χ1v) is 7.63. The van der Waals surface area contributed by atoms with Gasteiger partial charge >= 0.3 is 0 Å². The van der Waals surface area contributed by atoms with E-state index in [0.717, 1.165) is 22.6 Å². The van der Waals surface area contributed by atoms with Crippen molar-refractivity contribution in [1.82, 2.24) is 0 Å². The van der Waals surface area contributed by atoms with Gasteiger partial charge in [-0.1, -0.05) is 60.7 Å². The zero-order valence-electron chi connectivity index (χ0n) is 13.2. The second-order valence-electron chi connectivity index (χ2n) is 4.66. The first-order chi connectivity index (χ1) is 10.8. The van der Waals surface area contributed by atoms with Gasteiger partial charge in [0.25, 0.3) is 0 Å². The van der Waals surface area contributed by atoms with Gasteiger partial charge in [0.2, 0.25) is 0 Å². The summed E-state index contributed by atoms with van der Waals surface area (Å²) in [4.78, 5) is 0. The molecule has 0 atom stereocenters. The lowest BCUT2D eigenvalue weighted by Crippen LogP contribution is -1.93. The Labute approximate surface area is 132 Å². The van der Waals surface area contributed by atoms with Crippen molar-refractivity contribution in [3.8, 4) is 11.5 Å². The lowest BCUT2D eigenvalue weighted by atomic mass is 10.1. The summed E-state index contributed by atoms with van der Waals surface area (Å²) in [6.07, 6.45) is 8.12. The molecule has 0 aliphatic rings. The first-order valence-electron chi connectivity index (χ1n) is 7.63. The Morgan fingerprint density at radius 2 is 1.09 bits per heavy atom. The molecule has 0 heterocycles. The van der Waals surface area contributed by atoms with Crippen LogP contribution in [-0.4, -0.2) is 13.2 Å². The normalized spacial score (nSPS) is 11.2. The van der Waals surface area contributed by atoms with E-state index >= 15 is 0 Å². The van der Waals surface area contributed by atoms with Gasteiger partial charge in [-0.05, 0) is 26.0 Å². The molecule has 114 valence electrons. The Hall–Kier alpha value is -2.48. The third-order valence-electron chi connectivity index (χ3n) is 3.10. The summed E-state index contributed by atoms with van der Waals surface area (Å²) in [6.45, 7) is 5.32. The highest BCUT2D eigenvalue weighted by atomic mass is 16.5. The van der Waals surface area contributed by atoms with E-state index in [2.05, 4.69) is 0 Å². The average Bonchev–Trinajstić information content (AvgIpc) is 2.55. The number of allylic oxidation sites excluding steroid dienone is 2. The summed E-state index contributed by atoms with van der Waals surface area (Å²) in [5.41, 5.74) is 2.15. The Kier molecular flexibility index (Phi) is 6.31. The fourth-order valence-electron chi connectivity index (χ4n) is 2.13. The number of rotatable bonds is 7. The van der Waals surface area contributed by atoms with Crippen molar-refractivity contribution in [2.45, 2.75) is 13.8 Å². The van der Waals surface area contributed by atoms with Gasteiger partial charge in [-0.2, -0.15) is 0 Å². The largest absolute Gasteiger partial charge is 0.493 e. The van der Waals surface area contributed by atoms with E-state index in [1.165, 1.54) is 0 Å². The van der Waals surface area contributed by atoms with Crippen LogP contribution in [0.25, 0.3) is 12.2 Å². The van der Waals surface area contributed by atoms with Gasteiger partial charge in [0.1, 0.15) is 11.5 Å². The van der Waals surface area contributed by atoms with E-state index in [0.29, 0.717) is 13.2 Å². The molecule has 0 saturated carbocycles. The van der Waals surface area contributed by atoms with Crippen LogP contribution in [0.3, 0.4) is 0 Å². The maximum absolute atomic E-state index is 5.61. The van der Waals surface area contributed by atoms with E-state index in [-0.39, 0.29) is 0 Å². The van der Waals surface area contributed by atoms with Gasteiger partial charge in [-0.3, -0.25) is 0 Å². The molecule has 0 N–H and O–H groups in total. The molecular formula is C20H22O2. The third-order valence-corrected chi connectivity index (χ3v) is 3.10. The smallest absolute Gasteiger partial charge is 0.126 e. The molecule has 2 heteroatoms. The Morgan fingerprint density at radius 3 is 1.50 bits per heavy atom. The van der Waals surface area contributed by atoms with Crippen LogP contribution in [0.15, 0.2) is 60.7 Å². The van der Waals surface area contributed by atoms with Gasteiger partial charge in [0.15, 0.2) is 0 Å². The highest BCUT2D eigenvalue weighted by Crippen LogP contribution is 2.21. The molecule has 0 fully saturated rings. The number of para-hydroxylation sites is 2. The minimum absolute atomic E-state index is 0.669. The van der Waals surface area contributed by atoms with Gasteiger partial charge in [-0.15, -0.1) is 0 Å². The minimum Gasteiger partial charge on any atom is -0.493 e. The molecular weight excluding hydrogens is 272 g/mol. The zero-order chi connectivity index (χ0) is 15.6. The molecule has 0 bridgehead atoms. The van der Waals surface area contributed by atoms with E-state index < -0.39 is 0 Å². The van der Waals surface area contributed by atoms with Gasteiger partial charge in [0, 0.05) is 11.1 Å². The van der Waals surface area contributed by atoms with Gasteiger partial charge in [0.05, 0.1) is 13.2 Å². The lowest BCUT2D eigenvalue weighted by molar-refractivity contribution is 0.339. The van der Waals surface area contributed by atoms with Crippen LogP contribution in [0.2, 0.25) is 0 Å². The molecule has 0 spiro atoms. The van der Waals surface area contributed by atoms with Crippen molar-refractivity contribution >= 4 is 12.2 Å². The van der Waals surface area contributed by atoms with Gasteiger partial charge < -0.3 is 9.47 Å². The summed E-state index contributed by atoms with van der Waals surface area (Å²) >= 11 is 0. The van der Waals surface area contributed by atoms with Crippen LogP contribution in [0.1, 0.15) is 25.0 Å². The van der Waals surface area contributed by atoms with Crippen LogP contribution in [0, 0.1) is 0 Å². The maximum atomic E-state index is 5.61. The molecule has 0 radical (unpaired) electrons. The maximum Gasteiger partial charge on any atom is 0.126 e. The van der Waals surface area contributed by atoms with Crippen molar-refractivity contribution in [2.24, 2.45) is 0 Å². The van der Waals surface area contributed by atoms with Crippen molar-refractivity contribution in [3.63, 3.8) is 0 Å². The highest BCUT2D eigenvalue weighted by Gasteiger charge is 1.98. The van der Waals surface area contributed by atoms with Crippen molar-refractivity contribution in [3.05, 3.63) is 71.8 Å². The van der Waals surface area contributed by atoms with Crippen LogP contribution in [0.4, 0.5) is 0 Å². The van der Waals surface area contributed by atoms with Gasteiger partial charge in [-0.25, -0.2) is 0 Å². The van der Waals surface area contributed by atoms with E-state index in [1.807, 2.05) is 86.7 Å². The molecule has 0 amide bonds. The van der Waals surface area contributed by atoms with Crippen LogP contribution in [0.5, 0.6) is 11.5 Å². The predicted molar refractivity (Wildman–Crippen MR) is 93.3 cm³/mol. The molecule has 22 heavy (non-hydrogen) atoms. The summed E-state index contributed by atoms with van der Waals surface area (Å²) in [7, 11) is 0. The summed E-state index contributed by atoms with van der Waals surface area (Å²) in [6, 6.07) is 16.0. The second-order valence-corrected chi connectivity index (χ2v) is 4.66. The lowest BCUT2D eigenvalue weighted by Gasteiger charge is -2.06. The highest BCUT2D eigenvalue weighted by molar-refractivity contribution is 5.63. The fourth-order valence-corrected chi connectivity index (χ4v) is 2.13. The van der Waals surface area contributed by atoms with Crippen LogP contribution in [-0.2, 0) is 0 Å². The number of benzene rings is 2. The monoisotopic (exact) mass is 294 g/mol. The molecule has 0 saturated heterocycles. The van der Waals surface area contributed by atoms with Crippen molar-refractivity contribution < 1.29 is 9.47 Å². The summed E-state index contributed by atoms with van der Waals surface area (Å²) in [5, 5.41) is 0. The number of hydrogen-bond acceptors (Lipinski definition) is 2. The zero-order valence-corrected chi connectivity index (χ0v) is 13.2. The summed E-state index contributed by atoms with van der Waals surface area (Å²) in [5.74, 6) is 1.81. The van der Waals surface area contributed by atoms with Crippen LogP contribution < -0.4 is 9.47 Å². The number of ether oxygens (including phenoxy) is 2. The van der Waals surface area contributed by atoms with Crippen LogP contribution >= 0.6 is 0 Å². The number of hydrogen-bond donors (Lipinski definition) is 0. The van der Waals surface area contributed by atoms with E-state index in [9.17, 15) is 0 Å². The quantitative estimate of drug-likeness (QED) is 0.653. The average molecular weight is 294 g/mol. The first kappa shape index (κ1) is 15.9. The Morgan fingerprint density at radius 1 is 0.682 bits per heavy atom. The molecule has 0 aromatic heterocycles. The molecule has 0 aliphatic heterocycles. The molecule has 2 aromatic rings. The summed E-state index contributed by atoms with van der Waals surface area (Å²) < 4.78 is 11.2.